The van der Waals surface area contributed by atoms with Crippen LogP contribution < -0.4 is 0 Å². The van der Waals surface area contributed by atoms with Crippen molar-refractivity contribution in [3.8, 4) is 0 Å². The predicted molar refractivity (Wildman–Crippen MR) is 71.0 cm³/mol. The van der Waals surface area contributed by atoms with Crippen LogP contribution in [0.5, 0.6) is 0 Å². The van der Waals surface area contributed by atoms with E-state index in [9.17, 15) is 0 Å². The zero-order chi connectivity index (χ0) is 16.1. The van der Waals surface area contributed by atoms with Gasteiger partial charge in [-0.15, -0.1) is 0 Å². The minimum atomic E-state index is -1.82. The predicted octanol–water partition coefficient (Wildman–Crippen LogP) is 0.726. The molecule has 0 atom stereocenters. The second-order valence-electron chi connectivity index (χ2n) is 4.81. The molecule has 2 aromatic heterocycles. The Morgan fingerprint density at radius 2 is 2.05 bits per heavy atom. The van der Waals surface area contributed by atoms with Crippen molar-refractivity contribution in [2.45, 2.75) is 19.4 Å². The first-order chi connectivity index (χ1) is 10.5. The van der Waals surface area contributed by atoms with Gasteiger partial charge < -0.3 is 19.2 Å². The molecular weight excluding hydrogens is 294 g/mol. The molecule has 0 amide bonds. The molecular formula is C13H15N3O6. The van der Waals surface area contributed by atoms with Crippen LogP contribution in [0.2, 0.25) is 0 Å². The second-order valence-corrected chi connectivity index (χ2v) is 4.81. The van der Waals surface area contributed by atoms with Crippen LogP contribution in [-0.4, -0.2) is 50.3 Å². The van der Waals surface area contributed by atoms with E-state index < -0.39 is 11.9 Å². The summed E-state index contributed by atoms with van der Waals surface area (Å²) in [5, 5.41) is 18.6. The van der Waals surface area contributed by atoms with Crippen molar-refractivity contribution in [3.63, 3.8) is 0 Å². The zero-order valence-electron chi connectivity index (χ0n) is 11.8. The van der Waals surface area contributed by atoms with E-state index in [0.717, 1.165) is 25.5 Å². The first-order valence-electron chi connectivity index (χ1n) is 6.45. The number of carbonyl (C=O) groups is 2. The van der Waals surface area contributed by atoms with Crippen LogP contribution in [0.4, 0.5) is 0 Å². The number of likely N-dealkylation sites (tertiary alicyclic amines) is 1. The molecule has 1 saturated heterocycles. The lowest BCUT2D eigenvalue weighted by molar-refractivity contribution is -0.159. The highest BCUT2D eigenvalue weighted by molar-refractivity contribution is 6.27. The lowest BCUT2D eigenvalue weighted by Gasteiger charge is -2.36. The van der Waals surface area contributed by atoms with Crippen LogP contribution in [0, 0.1) is 6.92 Å². The normalized spacial score (nSPS) is 14.8. The molecule has 1 fully saturated rings. The molecule has 9 nitrogen and oxygen atoms in total. The number of nitrogens with zero attached hydrogens (tertiary/aromatic N) is 3. The third kappa shape index (κ3) is 4.16. The van der Waals surface area contributed by atoms with Crippen LogP contribution in [-0.2, 0) is 16.1 Å². The number of aromatic nitrogens is 2. The summed E-state index contributed by atoms with van der Waals surface area (Å²) in [6, 6.07) is 1.99. The van der Waals surface area contributed by atoms with Gasteiger partial charge in [-0.3, -0.25) is 4.90 Å². The van der Waals surface area contributed by atoms with E-state index in [4.69, 9.17) is 28.7 Å². The van der Waals surface area contributed by atoms with Crippen molar-refractivity contribution >= 4 is 11.9 Å². The van der Waals surface area contributed by atoms with E-state index >= 15 is 0 Å². The quantitative estimate of drug-likeness (QED) is 0.787. The molecule has 0 saturated carbocycles. The number of aryl methyl sites for hydroxylation is 1. The summed E-state index contributed by atoms with van der Waals surface area (Å²) in [5.74, 6) is -1.78. The minimum Gasteiger partial charge on any atom is -0.473 e. The summed E-state index contributed by atoms with van der Waals surface area (Å²) in [7, 11) is 0. The van der Waals surface area contributed by atoms with Gasteiger partial charge in [0.05, 0.1) is 18.4 Å². The monoisotopic (exact) mass is 309 g/mol. The molecule has 1 aliphatic rings. The number of hydrogen-bond acceptors (Lipinski definition) is 7. The van der Waals surface area contributed by atoms with Gasteiger partial charge in [0.2, 0.25) is 5.89 Å². The molecule has 9 heteroatoms. The molecule has 0 aliphatic carbocycles. The molecule has 22 heavy (non-hydrogen) atoms. The number of hydrogen-bond donors (Lipinski definition) is 2. The maximum Gasteiger partial charge on any atom is 0.414 e. The lowest BCUT2D eigenvalue weighted by Crippen LogP contribution is -2.44. The fourth-order valence-electron chi connectivity index (χ4n) is 1.97. The molecule has 3 heterocycles. The summed E-state index contributed by atoms with van der Waals surface area (Å²) in [5.41, 5.74) is 1.21. The summed E-state index contributed by atoms with van der Waals surface area (Å²) >= 11 is 0. The number of rotatable bonds is 3. The Hall–Kier alpha value is -2.68. The van der Waals surface area contributed by atoms with Gasteiger partial charge in [0, 0.05) is 25.2 Å². The maximum atomic E-state index is 9.10. The van der Waals surface area contributed by atoms with E-state index in [-0.39, 0.29) is 0 Å². The maximum absolute atomic E-state index is 9.10. The van der Waals surface area contributed by atoms with Crippen molar-refractivity contribution < 1.29 is 28.7 Å². The van der Waals surface area contributed by atoms with Gasteiger partial charge in [-0.2, -0.15) is 4.98 Å². The molecule has 2 N–H and O–H groups in total. The summed E-state index contributed by atoms with van der Waals surface area (Å²) in [4.78, 5) is 24.8. The van der Waals surface area contributed by atoms with Crippen molar-refractivity contribution in [1.29, 1.82) is 0 Å². The molecule has 0 unspecified atom stereocenters. The number of furan rings is 1. The van der Waals surface area contributed by atoms with Crippen LogP contribution in [0.15, 0.2) is 27.5 Å². The Morgan fingerprint density at radius 3 is 2.50 bits per heavy atom. The smallest absolute Gasteiger partial charge is 0.414 e. The van der Waals surface area contributed by atoms with Crippen molar-refractivity contribution in [2.75, 3.05) is 13.1 Å². The molecule has 0 aromatic carbocycles. The van der Waals surface area contributed by atoms with E-state index in [1.165, 1.54) is 5.56 Å². The average Bonchev–Trinajstić information content (AvgIpc) is 3.05. The zero-order valence-corrected chi connectivity index (χ0v) is 11.8. The SMILES string of the molecule is Cc1noc(C2CN(Cc3ccoc3)C2)n1.O=C(O)C(=O)O. The first-order valence-corrected chi connectivity index (χ1v) is 6.45. The summed E-state index contributed by atoms with van der Waals surface area (Å²) < 4.78 is 10.2. The summed E-state index contributed by atoms with van der Waals surface area (Å²) in [6.07, 6.45) is 3.48. The van der Waals surface area contributed by atoms with Crippen LogP contribution in [0.25, 0.3) is 0 Å². The molecule has 118 valence electrons. The summed E-state index contributed by atoms with van der Waals surface area (Å²) in [6.45, 7) is 4.73. The molecule has 2 aromatic rings. The van der Waals surface area contributed by atoms with Crippen molar-refractivity contribution in [3.05, 3.63) is 35.9 Å². The average molecular weight is 309 g/mol. The van der Waals surface area contributed by atoms with E-state index in [1.54, 1.807) is 12.5 Å². The van der Waals surface area contributed by atoms with Gasteiger partial charge in [-0.25, -0.2) is 9.59 Å². The van der Waals surface area contributed by atoms with Gasteiger partial charge in [0.15, 0.2) is 5.82 Å². The van der Waals surface area contributed by atoms with Crippen LogP contribution >= 0.6 is 0 Å². The second kappa shape index (κ2) is 6.85. The Bertz CT molecular complexity index is 618. The highest BCUT2D eigenvalue weighted by atomic mass is 16.5. The number of carboxylic acids is 2. The first kappa shape index (κ1) is 15.7. The van der Waals surface area contributed by atoms with Gasteiger partial charge in [-0.1, -0.05) is 5.16 Å². The lowest BCUT2D eigenvalue weighted by atomic mass is 10.00. The highest BCUT2D eigenvalue weighted by Crippen LogP contribution is 2.26. The third-order valence-electron chi connectivity index (χ3n) is 3.02. The van der Waals surface area contributed by atoms with Crippen molar-refractivity contribution in [2.24, 2.45) is 0 Å². The molecule has 3 rings (SSSR count). The largest absolute Gasteiger partial charge is 0.473 e. The Morgan fingerprint density at radius 1 is 1.36 bits per heavy atom. The third-order valence-corrected chi connectivity index (χ3v) is 3.02. The Kier molecular flexibility index (Phi) is 4.89. The standard InChI is InChI=1S/C11H13N3O2.C2H2O4/c1-8-12-11(16-13-8)10-5-14(6-10)4-9-2-3-15-7-9;3-1(4)2(5)6/h2-3,7,10H,4-6H2,1H3;(H,3,4)(H,5,6). The molecule has 1 aliphatic heterocycles. The van der Waals surface area contributed by atoms with Gasteiger partial charge in [0.1, 0.15) is 0 Å². The topological polar surface area (TPSA) is 130 Å². The van der Waals surface area contributed by atoms with E-state index in [2.05, 4.69) is 15.0 Å². The number of carboxylic acid groups (broad SMARTS) is 2. The van der Waals surface area contributed by atoms with Gasteiger partial charge in [0.25, 0.3) is 0 Å². The van der Waals surface area contributed by atoms with E-state index in [1.807, 2.05) is 13.0 Å². The molecule has 0 spiro atoms. The minimum absolute atomic E-state index is 0.396. The molecule has 0 bridgehead atoms. The van der Waals surface area contributed by atoms with E-state index in [0.29, 0.717) is 11.7 Å². The van der Waals surface area contributed by atoms with Crippen molar-refractivity contribution in [1.82, 2.24) is 15.0 Å². The fourth-order valence-corrected chi connectivity index (χ4v) is 1.97. The highest BCUT2D eigenvalue weighted by Gasteiger charge is 2.32. The van der Waals surface area contributed by atoms with Crippen LogP contribution in [0.1, 0.15) is 23.2 Å². The van der Waals surface area contributed by atoms with Gasteiger partial charge in [-0.05, 0) is 13.0 Å². The van der Waals surface area contributed by atoms with Gasteiger partial charge >= 0.3 is 11.9 Å². The Labute approximate surface area is 125 Å². The fraction of sp³-hybridized carbons (Fsp3) is 0.385. The Balaban J connectivity index is 0.000000254. The number of aliphatic carboxylic acids is 2. The van der Waals surface area contributed by atoms with Crippen LogP contribution in [0.3, 0.4) is 0 Å². The molecule has 0 radical (unpaired) electrons.